The van der Waals surface area contributed by atoms with E-state index in [1.165, 1.54) is 0 Å². The third-order valence-corrected chi connectivity index (χ3v) is 4.57. The van der Waals surface area contributed by atoms with Crippen LogP contribution in [-0.2, 0) is 0 Å². The van der Waals surface area contributed by atoms with Crippen molar-refractivity contribution in [1.29, 1.82) is 0 Å². The van der Waals surface area contributed by atoms with Crippen LogP contribution in [-0.4, -0.2) is 39.1 Å². The average molecular weight is 260 g/mol. The van der Waals surface area contributed by atoms with Gasteiger partial charge in [-0.3, -0.25) is 9.78 Å². The van der Waals surface area contributed by atoms with E-state index in [1.807, 2.05) is 17.0 Å². The predicted molar refractivity (Wildman–Crippen MR) is 71.6 cm³/mol. The molecular weight excluding hydrogens is 240 g/mol. The van der Waals surface area contributed by atoms with Gasteiger partial charge in [0, 0.05) is 24.4 Å². The highest BCUT2D eigenvalue weighted by atomic mass is 16.3. The number of pyridine rings is 1. The fraction of sp³-hybridized carbons (Fsp3) is 0.600. The summed E-state index contributed by atoms with van der Waals surface area (Å²) in [7, 11) is 0. The first-order valence-corrected chi connectivity index (χ1v) is 7.02. The molecule has 4 nitrogen and oxygen atoms in total. The highest BCUT2D eigenvalue weighted by molar-refractivity contribution is 5.93. The Morgan fingerprint density at radius 3 is 3.05 bits per heavy atom. The molecule has 0 aromatic carbocycles. The zero-order chi connectivity index (χ0) is 13.5. The first-order chi connectivity index (χ1) is 9.16. The van der Waals surface area contributed by atoms with Crippen molar-refractivity contribution in [3.8, 4) is 0 Å². The number of aliphatic hydroxyl groups is 1. The summed E-state index contributed by atoms with van der Waals surface area (Å²) < 4.78 is 0. The second kappa shape index (κ2) is 4.60. The molecule has 3 unspecified atom stereocenters. The molecule has 2 saturated heterocycles. The third kappa shape index (κ3) is 1.94. The van der Waals surface area contributed by atoms with Crippen LogP contribution in [0.5, 0.6) is 0 Å². The van der Waals surface area contributed by atoms with Crippen molar-refractivity contribution in [2.75, 3.05) is 6.61 Å². The van der Waals surface area contributed by atoms with Gasteiger partial charge in [-0.25, -0.2) is 0 Å². The van der Waals surface area contributed by atoms with Crippen molar-refractivity contribution < 1.29 is 9.90 Å². The van der Waals surface area contributed by atoms with Crippen molar-refractivity contribution in [1.82, 2.24) is 9.88 Å². The topological polar surface area (TPSA) is 53.4 Å². The summed E-state index contributed by atoms with van der Waals surface area (Å²) >= 11 is 0. The van der Waals surface area contributed by atoms with Crippen LogP contribution in [0.3, 0.4) is 0 Å². The molecule has 3 aliphatic rings. The van der Waals surface area contributed by atoms with Gasteiger partial charge >= 0.3 is 0 Å². The smallest absolute Gasteiger partial charge is 0.273 e. The fourth-order valence-electron chi connectivity index (χ4n) is 4.00. The maximum atomic E-state index is 12.6. The number of carbonyl (C=O) groups excluding carboxylic acids is 1. The van der Waals surface area contributed by atoms with Crippen LogP contribution in [0.25, 0.3) is 0 Å². The minimum Gasteiger partial charge on any atom is -0.396 e. The van der Waals surface area contributed by atoms with E-state index in [1.54, 1.807) is 12.3 Å². The maximum absolute atomic E-state index is 12.6. The van der Waals surface area contributed by atoms with Gasteiger partial charge in [-0.1, -0.05) is 13.0 Å². The van der Waals surface area contributed by atoms with E-state index in [9.17, 15) is 9.90 Å². The zero-order valence-electron chi connectivity index (χ0n) is 11.2. The number of aliphatic hydroxyl groups excluding tert-OH is 1. The summed E-state index contributed by atoms with van der Waals surface area (Å²) in [6.45, 7) is 2.38. The number of amides is 1. The van der Waals surface area contributed by atoms with E-state index in [4.69, 9.17) is 0 Å². The Labute approximate surface area is 113 Å². The van der Waals surface area contributed by atoms with E-state index in [0.29, 0.717) is 24.1 Å². The summed E-state index contributed by atoms with van der Waals surface area (Å²) in [5, 5.41) is 9.31. The quantitative estimate of drug-likeness (QED) is 0.902. The van der Waals surface area contributed by atoms with Gasteiger partial charge in [-0.05, 0) is 43.7 Å². The lowest BCUT2D eigenvalue weighted by Crippen LogP contribution is -2.71. The second-order valence-corrected chi connectivity index (χ2v) is 5.99. The number of rotatable bonds is 3. The minimum absolute atomic E-state index is 0.0252. The third-order valence-electron chi connectivity index (χ3n) is 4.57. The molecule has 4 rings (SSSR count). The highest BCUT2D eigenvalue weighted by Crippen LogP contribution is 2.51. The lowest BCUT2D eigenvalue weighted by molar-refractivity contribution is -0.109. The van der Waals surface area contributed by atoms with E-state index in [0.717, 1.165) is 19.3 Å². The van der Waals surface area contributed by atoms with Crippen LogP contribution < -0.4 is 0 Å². The first-order valence-electron chi connectivity index (χ1n) is 7.02. The van der Waals surface area contributed by atoms with Gasteiger partial charge in [-0.15, -0.1) is 0 Å². The van der Waals surface area contributed by atoms with E-state index >= 15 is 0 Å². The summed E-state index contributed by atoms with van der Waals surface area (Å²) in [4.78, 5) is 18.8. The van der Waals surface area contributed by atoms with E-state index in [2.05, 4.69) is 11.9 Å². The summed E-state index contributed by atoms with van der Waals surface area (Å²) in [6.07, 6.45) is 5.46. The number of hydrogen-bond acceptors (Lipinski definition) is 3. The van der Waals surface area contributed by atoms with Gasteiger partial charge < -0.3 is 10.0 Å². The molecule has 4 heteroatoms. The van der Waals surface area contributed by atoms with Gasteiger partial charge in [0.15, 0.2) is 0 Å². The molecule has 0 radical (unpaired) electrons. The summed E-state index contributed by atoms with van der Waals surface area (Å²) in [5.74, 6) is 0.662. The van der Waals surface area contributed by atoms with Gasteiger partial charge in [0.2, 0.25) is 0 Å². The Bertz CT molecular complexity index is 472. The predicted octanol–water partition coefficient (Wildman–Crippen LogP) is 1.85. The molecular formula is C15H20N2O2. The molecule has 1 aromatic rings. The van der Waals surface area contributed by atoms with E-state index in [-0.39, 0.29) is 18.1 Å². The molecule has 19 heavy (non-hydrogen) atoms. The van der Waals surface area contributed by atoms with E-state index < -0.39 is 0 Å². The number of piperidine rings is 1. The molecule has 2 bridgehead atoms. The highest BCUT2D eigenvalue weighted by Gasteiger charge is 2.57. The first kappa shape index (κ1) is 12.6. The van der Waals surface area contributed by atoms with Gasteiger partial charge in [0.1, 0.15) is 5.69 Å². The largest absolute Gasteiger partial charge is 0.396 e. The van der Waals surface area contributed by atoms with Crippen molar-refractivity contribution in [3.05, 3.63) is 30.1 Å². The van der Waals surface area contributed by atoms with Crippen molar-refractivity contribution >= 4 is 5.91 Å². The Hall–Kier alpha value is -1.42. The van der Waals surface area contributed by atoms with Crippen molar-refractivity contribution in [2.45, 2.75) is 44.2 Å². The van der Waals surface area contributed by atoms with Gasteiger partial charge in [-0.2, -0.15) is 0 Å². The number of hydrogen-bond donors (Lipinski definition) is 1. The van der Waals surface area contributed by atoms with Crippen LogP contribution in [0, 0.1) is 5.92 Å². The van der Waals surface area contributed by atoms with Crippen LogP contribution in [0.4, 0.5) is 0 Å². The monoisotopic (exact) mass is 260 g/mol. The molecule has 3 heterocycles. The molecule has 1 aliphatic carbocycles. The van der Waals surface area contributed by atoms with Crippen LogP contribution in [0.15, 0.2) is 24.4 Å². The van der Waals surface area contributed by atoms with Gasteiger partial charge in [0.05, 0.1) is 0 Å². The Morgan fingerprint density at radius 1 is 1.53 bits per heavy atom. The lowest BCUT2D eigenvalue weighted by Gasteiger charge is -2.63. The normalized spacial score (nSPS) is 32.8. The van der Waals surface area contributed by atoms with Crippen LogP contribution >= 0.6 is 0 Å². The number of fused-ring (bicyclic) bond motifs is 2. The average Bonchev–Trinajstić information content (AvgIpc) is 2.39. The molecule has 1 N–H and O–H groups in total. The number of nitrogens with zero attached hydrogens (tertiary/aromatic N) is 2. The molecule has 0 spiro atoms. The molecule has 3 atom stereocenters. The molecule has 1 aromatic heterocycles. The number of carbonyl (C=O) groups is 1. The summed E-state index contributed by atoms with van der Waals surface area (Å²) in [6, 6.07) is 5.77. The second-order valence-electron chi connectivity index (χ2n) is 5.99. The maximum Gasteiger partial charge on any atom is 0.273 e. The van der Waals surface area contributed by atoms with Crippen LogP contribution in [0.2, 0.25) is 0 Å². The van der Waals surface area contributed by atoms with Crippen molar-refractivity contribution in [3.63, 3.8) is 0 Å². The zero-order valence-corrected chi connectivity index (χ0v) is 11.2. The van der Waals surface area contributed by atoms with Crippen LogP contribution in [0.1, 0.15) is 43.1 Å². The van der Waals surface area contributed by atoms with Gasteiger partial charge in [0.25, 0.3) is 5.91 Å². The molecule has 2 aliphatic heterocycles. The Morgan fingerprint density at radius 2 is 2.37 bits per heavy atom. The Balaban J connectivity index is 1.86. The molecule has 3 fully saturated rings. The van der Waals surface area contributed by atoms with Crippen molar-refractivity contribution in [2.24, 2.45) is 5.92 Å². The minimum atomic E-state index is -0.119. The fourth-order valence-corrected chi connectivity index (χ4v) is 4.00. The molecule has 1 saturated carbocycles. The molecule has 102 valence electrons. The standard InChI is InChI=1S/C15H20N2O2/c1-11-8-12-10-15(9-11,5-7-18)17(12)14(19)13-4-2-3-6-16-13/h2-4,6,11-12,18H,5,7-10H2,1H3. The summed E-state index contributed by atoms with van der Waals surface area (Å²) in [5.41, 5.74) is 0.398. The Kier molecular flexibility index (Phi) is 3.05. The lowest BCUT2D eigenvalue weighted by atomic mass is 9.63. The number of aromatic nitrogens is 1. The SMILES string of the molecule is CC1CC2CC(CCO)(C1)N2C(=O)c1ccccn1. The molecule has 1 amide bonds.